The summed E-state index contributed by atoms with van der Waals surface area (Å²) in [4.78, 5) is 14.7. The molecule has 0 unspecified atom stereocenters. The highest BCUT2D eigenvalue weighted by Gasteiger charge is 2.38. The molecule has 0 saturated heterocycles. The van der Waals surface area contributed by atoms with Gasteiger partial charge in [-0.05, 0) is 68.0 Å². The Balaban J connectivity index is 1.42. The number of urea groups is 1. The third-order valence-corrected chi connectivity index (χ3v) is 9.77. The Hall–Kier alpha value is -3.28. The first-order chi connectivity index (χ1) is 19.2. The second kappa shape index (κ2) is 11.7. The van der Waals surface area contributed by atoms with Crippen molar-refractivity contribution in [1.29, 1.82) is 0 Å². The van der Waals surface area contributed by atoms with Crippen LogP contribution in [-0.4, -0.2) is 74.4 Å². The minimum absolute atomic E-state index is 0.0670. The Morgan fingerprint density at radius 3 is 2.70 bits per heavy atom. The number of nitrogens with zero attached hydrogens (tertiary/aromatic N) is 2. The number of anilines is 1. The van der Waals surface area contributed by atoms with Gasteiger partial charge in [-0.25, -0.2) is 13.2 Å². The van der Waals surface area contributed by atoms with Crippen LogP contribution in [0.5, 0.6) is 17.2 Å². The molecule has 0 aromatic heterocycles. The zero-order valence-electron chi connectivity index (χ0n) is 23.1. The number of hydrogen-bond donors (Lipinski definition) is 2. The van der Waals surface area contributed by atoms with Crippen LogP contribution in [0.2, 0.25) is 0 Å². The van der Waals surface area contributed by atoms with Crippen LogP contribution in [0.4, 0.5) is 10.5 Å². The van der Waals surface area contributed by atoms with Crippen molar-refractivity contribution < 1.29 is 32.5 Å². The maximum absolute atomic E-state index is 13.8. The Morgan fingerprint density at radius 1 is 1.15 bits per heavy atom. The van der Waals surface area contributed by atoms with Gasteiger partial charge in [0.25, 0.3) is 0 Å². The molecular weight excluding hydrogens is 534 g/mol. The third-order valence-electron chi connectivity index (χ3n) is 7.75. The van der Waals surface area contributed by atoms with Gasteiger partial charge in [-0.2, -0.15) is 4.31 Å². The third kappa shape index (κ3) is 5.77. The summed E-state index contributed by atoms with van der Waals surface area (Å²) in [5.74, 6) is 1.18. The number of nitrogens with one attached hydrogen (secondary N) is 1. The quantitative estimate of drug-likeness (QED) is 0.531. The number of likely N-dealkylation sites (N-methyl/N-ethyl adjacent to an activating group) is 1. The minimum atomic E-state index is -3.93. The number of carbonyl (C=O) groups excluding carboxylic acids is 1. The number of aliphatic hydroxyl groups is 1. The predicted molar refractivity (Wildman–Crippen MR) is 151 cm³/mol. The lowest BCUT2D eigenvalue weighted by molar-refractivity contribution is 0.0830. The summed E-state index contributed by atoms with van der Waals surface area (Å²) < 4.78 is 46.1. The number of hydrogen-bond acceptors (Lipinski definition) is 7. The highest BCUT2D eigenvalue weighted by Crippen LogP contribution is 2.38. The summed E-state index contributed by atoms with van der Waals surface area (Å²) in [6.07, 6.45) is 5.86. The van der Waals surface area contributed by atoms with Gasteiger partial charge in [0.05, 0.1) is 13.2 Å². The number of fused-ring (bicyclic) bond motifs is 2. The first-order valence-corrected chi connectivity index (χ1v) is 15.2. The number of amides is 2. The molecule has 0 fully saturated rings. The zero-order chi connectivity index (χ0) is 28.4. The van der Waals surface area contributed by atoms with E-state index < -0.39 is 22.2 Å². The second-order valence-electron chi connectivity index (χ2n) is 10.8. The van der Waals surface area contributed by atoms with E-state index in [9.17, 15) is 18.3 Å². The second-order valence-corrected chi connectivity index (χ2v) is 12.6. The van der Waals surface area contributed by atoms with Crippen LogP contribution in [0.15, 0.2) is 47.4 Å². The standard InChI is InChI=1S/C29H37N3O7S/c1-19-15-32(20(2)17-33)40(35,36)28-12-9-22(21-7-5-4-6-8-21)13-26(28)39-27(19)16-31(3)29(34)30-23-10-11-24-25(14-23)38-18-37-24/h7,9-14,19-20,27,33H,4-6,8,15-18H2,1-3H3,(H,30,34)/t19-,20-,27-/m1/s1. The highest BCUT2D eigenvalue weighted by molar-refractivity contribution is 7.89. The molecule has 10 nitrogen and oxygen atoms in total. The average Bonchev–Trinajstić information content (AvgIpc) is 3.42. The lowest BCUT2D eigenvalue weighted by Gasteiger charge is -2.37. The van der Waals surface area contributed by atoms with E-state index in [0.717, 1.165) is 31.2 Å². The van der Waals surface area contributed by atoms with E-state index in [1.165, 1.54) is 14.8 Å². The van der Waals surface area contributed by atoms with E-state index in [-0.39, 0.29) is 49.1 Å². The molecule has 0 radical (unpaired) electrons. The van der Waals surface area contributed by atoms with Crippen LogP contribution in [0, 0.1) is 5.92 Å². The Bertz CT molecular complexity index is 1390. The fourth-order valence-corrected chi connectivity index (χ4v) is 7.12. The molecule has 0 saturated carbocycles. The molecule has 40 heavy (non-hydrogen) atoms. The summed E-state index contributed by atoms with van der Waals surface area (Å²) in [5.41, 5.74) is 2.69. The van der Waals surface area contributed by atoms with Crippen LogP contribution in [0.3, 0.4) is 0 Å². The number of sulfonamides is 1. The van der Waals surface area contributed by atoms with Crippen molar-refractivity contribution in [3.8, 4) is 17.2 Å². The summed E-state index contributed by atoms with van der Waals surface area (Å²) >= 11 is 0. The van der Waals surface area contributed by atoms with E-state index in [4.69, 9.17) is 14.2 Å². The van der Waals surface area contributed by atoms with Crippen LogP contribution < -0.4 is 19.5 Å². The van der Waals surface area contributed by atoms with Gasteiger partial charge >= 0.3 is 6.03 Å². The number of benzene rings is 2. The summed E-state index contributed by atoms with van der Waals surface area (Å²) in [7, 11) is -2.26. The van der Waals surface area contributed by atoms with E-state index in [0.29, 0.717) is 17.2 Å². The van der Waals surface area contributed by atoms with E-state index in [1.54, 1.807) is 38.2 Å². The van der Waals surface area contributed by atoms with Gasteiger partial charge in [0.1, 0.15) is 16.7 Å². The summed E-state index contributed by atoms with van der Waals surface area (Å²) in [5, 5.41) is 12.8. The maximum Gasteiger partial charge on any atom is 0.321 e. The lowest BCUT2D eigenvalue weighted by atomic mass is 9.93. The smallest absolute Gasteiger partial charge is 0.321 e. The number of aliphatic hydroxyl groups excluding tert-OH is 1. The zero-order valence-corrected chi connectivity index (χ0v) is 23.9. The van der Waals surface area contributed by atoms with Crippen molar-refractivity contribution in [2.75, 3.05) is 38.9 Å². The van der Waals surface area contributed by atoms with Crippen molar-refractivity contribution in [2.45, 2.75) is 56.6 Å². The van der Waals surface area contributed by atoms with Gasteiger partial charge in [-0.1, -0.05) is 19.1 Å². The van der Waals surface area contributed by atoms with Crippen LogP contribution >= 0.6 is 0 Å². The Kier molecular flexibility index (Phi) is 8.25. The van der Waals surface area contributed by atoms with E-state index >= 15 is 0 Å². The SMILES string of the molecule is C[C@@H]1CN([C@H](C)CO)S(=O)(=O)c2ccc(C3=CCCCC3)cc2O[C@@H]1CN(C)C(=O)Nc1ccc2c(c1)OCO2. The predicted octanol–water partition coefficient (Wildman–Crippen LogP) is 4.31. The van der Waals surface area contributed by atoms with Gasteiger partial charge in [0, 0.05) is 37.3 Å². The van der Waals surface area contributed by atoms with Crippen LogP contribution in [0.1, 0.15) is 45.1 Å². The minimum Gasteiger partial charge on any atom is -0.487 e. The monoisotopic (exact) mass is 571 g/mol. The molecule has 2 aromatic carbocycles. The van der Waals surface area contributed by atoms with Gasteiger partial charge in [0.15, 0.2) is 11.5 Å². The molecule has 2 heterocycles. The fraction of sp³-hybridized carbons (Fsp3) is 0.483. The molecule has 2 aliphatic heterocycles. The lowest BCUT2D eigenvalue weighted by Crippen LogP contribution is -2.50. The largest absolute Gasteiger partial charge is 0.487 e. The van der Waals surface area contributed by atoms with Crippen molar-refractivity contribution in [3.05, 3.63) is 48.0 Å². The molecule has 0 bridgehead atoms. The highest BCUT2D eigenvalue weighted by atomic mass is 32.2. The van der Waals surface area contributed by atoms with Crippen LogP contribution in [-0.2, 0) is 10.0 Å². The maximum atomic E-state index is 13.8. The number of allylic oxidation sites excluding steroid dienone is 2. The Labute approximate surface area is 235 Å². The van der Waals surface area contributed by atoms with Gasteiger partial charge < -0.3 is 29.5 Å². The van der Waals surface area contributed by atoms with Gasteiger partial charge in [-0.3, -0.25) is 0 Å². The van der Waals surface area contributed by atoms with Crippen molar-refractivity contribution in [1.82, 2.24) is 9.21 Å². The van der Waals surface area contributed by atoms with Gasteiger partial charge in [0.2, 0.25) is 16.8 Å². The van der Waals surface area contributed by atoms with Crippen molar-refractivity contribution in [3.63, 3.8) is 0 Å². The molecule has 216 valence electrons. The molecule has 0 spiro atoms. The Morgan fingerprint density at radius 2 is 1.95 bits per heavy atom. The van der Waals surface area contributed by atoms with E-state index in [1.807, 2.05) is 19.1 Å². The van der Waals surface area contributed by atoms with E-state index in [2.05, 4.69) is 11.4 Å². The first kappa shape index (κ1) is 28.3. The fourth-order valence-electron chi connectivity index (χ4n) is 5.29. The number of rotatable bonds is 6. The van der Waals surface area contributed by atoms with Gasteiger partial charge in [-0.15, -0.1) is 0 Å². The average molecular weight is 572 g/mol. The summed E-state index contributed by atoms with van der Waals surface area (Å²) in [6, 6.07) is 9.48. The molecule has 3 aliphatic rings. The number of ether oxygens (including phenoxy) is 3. The van der Waals surface area contributed by atoms with Crippen molar-refractivity contribution in [2.24, 2.45) is 5.92 Å². The molecule has 2 N–H and O–H groups in total. The molecule has 3 atom stereocenters. The normalized spacial score (nSPS) is 22.6. The topological polar surface area (TPSA) is 118 Å². The summed E-state index contributed by atoms with van der Waals surface area (Å²) in [6.45, 7) is 3.78. The molecular formula is C29H37N3O7S. The molecule has 2 amide bonds. The molecule has 2 aromatic rings. The molecule has 5 rings (SSSR count). The first-order valence-electron chi connectivity index (χ1n) is 13.7. The molecule has 11 heteroatoms. The van der Waals surface area contributed by atoms with Crippen molar-refractivity contribution >= 4 is 27.3 Å². The van der Waals surface area contributed by atoms with Crippen LogP contribution in [0.25, 0.3) is 5.57 Å². The molecule has 1 aliphatic carbocycles. The number of carbonyl (C=O) groups is 1.